The Balaban J connectivity index is 1.76. The van der Waals surface area contributed by atoms with E-state index in [1.54, 1.807) is 30.2 Å². The molecule has 5 rings (SSSR count). The molecule has 1 spiro atoms. The number of fused-ring (bicyclic) bond motifs is 4. The van der Waals surface area contributed by atoms with Crippen molar-refractivity contribution in [2.45, 2.75) is 38.5 Å². The van der Waals surface area contributed by atoms with E-state index in [0.29, 0.717) is 11.3 Å². The Hall–Kier alpha value is -3.11. The van der Waals surface area contributed by atoms with Crippen LogP contribution in [-0.2, 0) is 20.7 Å². The summed E-state index contributed by atoms with van der Waals surface area (Å²) in [5.41, 5.74) is -0.722. The molecule has 0 aliphatic carbocycles. The standard InChI is InChI=1S/C21H19ClFN5O4/c1-9-8-28-16-12(25-15(14(23)13(16)22)11-4-3-5-24-7-11)6-21(17(28)10(2)32-9)18(29)26-20(31)27-19(21)30/h3-5,7,9-10,17H,6,8H2,1-2H3,(H2,26,27,29,30,31)/t9-,10+,17-/m1/s1. The quantitative estimate of drug-likeness (QED) is 0.625. The van der Waals surface area contributed by atoms with E-state index in [1.165, 1.54) is 6.20 Å². The number of barbiturate groups is 1. The summed E-state index contributed by atoms with van der Waals surface area (Å²) in [5.74, 6) is -2.21. The minimum atomic E-state index is -1.71. The zero-order chi connectivity index (χ0) is 22.8. The number of morpholine rings is 1. The number of pyridine rings is 2. The summed E-state index contributed by atoms with van der Waals surface area (Å²) >= 11 is 6.53. The second-order valence-electron chi connectivity index (χ2n) is 8.26. The van der Waals surface area contributed by atoms with Crippen molar-refractivity contribution in [1.82, 2.24) is 20.6 Å². The first-order chi connectivity index (χ1) is 15.2. The van der Waals surface area contributed by atoms with E-state index < -0.39 is 41.2 Å². The molecule has 2 N–H and O–H groups in total. The van der Waals surface area contributed by atoms with Crippen LogP contribution in [-0.4, -0.2) is 52.6 Å². The van der Waals surface area contributed by atoms with Gasteiger partial charge in [-0.05, 0) is 26.0 Å². The van der Waals surface area contributed by atoms with Crippen molar-refractivity contribution in [2.75, 3.05) is 11.4 Å². The Morgan fingerprint density at radius 1 is 1.25 bits per heavy atom. The van der Waals surface area contributed by atoms with Crippen molar-refractivity contribution >= 4 is 35.1 Å². The molecule has 3 aliphatic rings. The molecule has 4 amide bonds. The van der Waals surface area contributed by atoms with Gasteiger partial charge < -0.3 is 9.64 Å². The molecule has 2 aromatic heterocycles. The summed E-state index contributed by atoms with van der Waals surface area (Å²) < 4.78 is 21.3. The molecule has 0 radical (unpaired) electrons. The summed E-state index contributed by atoms with van der Waals surface area (Å²) in [6.07, 6.45) is 1.95. The first-order valence-corrected chi connectivity index (χ1v) is 10.5. The van der Waals surface area contributed by atoms with E-state index in [2.05, 4.69) is 20.6 Å². The molecular weight excluding hydrogens is 441 g/mol. The summed E-state index contributed by atoms with van der Waals surface area (Å²) in [7, 11) is 0. The van der Waals surface area contributed by atoms with E-state index in [9.17, 15) is 14.4 Å². The van der Waals surface area contributed by atoms with Crippen molar-refractivity contribution in [3.63, 3.8) is 0 Å². The highest BCUT2D eigenvalue weighted by Crippen LogP contribution is 2.49. The molecule has 0 unspecified atom stereocenters. The molecule has 3 aliphatic heterocycles. The molecule has 5 heterocycles. The molecule has 2 fully saturated rings. The second kappa shape index (κ2) is 7.21. The van der Waals surface area contributed by atoms with Crippen LogP contribution in [0.1, 0.15) is 19.5 Å². The number of aromatic nitrogens is 2. The molecule has 32 heavy (non-hydrogen) atoms. The number of carbonyl (C=O) groups excluding carboxylic acids is 3. The summed E-state index contributed by atoms with van der Waals surface area (Å²) in [5, 5.41) is 4.25. The number of hydrogen-bond donors (Lipinski definition) is 2. The van der Waals surface area contributed by atoms with Crippen LogP contribution in [0, 0.1) is 11.2 Å². The highest BCUT2D eigenvalue weighted by molar-refractivity contribution is 6.34. The number of amides is 4. The lowest BCUT2D eigenvalue weighted by Gasteiger charge is -2.55. The number of hydrogen-bond acceptors (Lipinski definition) is 7. The van der Waals surface area contributed by atoms with Crippen molar-refractivity contribution in [3.05, 3.63) is 41.1 Å². The average Bonchev–Trinajstić information content (AvgIpc) is 2.74. The van der Waals surface area contributed by atoms with E-state index in [4.69, 9.17) is 16.3 Å². The lowest BCUT2D eigenvalue weighted by Crippen LogP contribution is -2.75. The van der Waals surface area contributed by atoms with Crippen molar-refractivity contribution in [2.24, 2.45) is 5.41 Å². The number of halogens is 2. The van der Waals surface area contributed by atoms with Gasteiger partial charge in [-0.25, -0.2) is 14.2 Å². The Bertz CT molecular complexity index is 1140. The van der Waals surface area contributed by atoms with Crippen LogP contribution in [0.4, 0.5) is 14.9 Å². The minimum absolute atomic E-state index is 0.0301. The summed E-state index contributed by atoms with van der Waals surface area (Å²) in [6, 6.07) is 1.57. The lowest BCUT2D eigenvalue weighted by atomic mass is 9.67. The molecule has 0 aromatic carbocycles. The lowest BCUT2D eigenvalue weighted by molar-refractivity contribution is -0.153. The van der Waals surface area contributed by atoms with Crippen LogP contribution >= 0.6 is 11.6 Å². The third-order valence-corrected chi connectivity index (χ3v) is 6.59. The van der Waals surface area contributed by atoms with Crippen LogP contribution in [0.15, 0.2) is 24.5 Å². The monoisotopic (exact) mass is 459 g/mol. The highest BCUT2D eigenvalue weighted by Gasteiger charge is 2.63. The van der Waals surface area contributed by atoms with Gasteiger partial charge in [0.05, 0.1) is 29.6 Å². The predicted octanol–water partition coefficient (Wildman–Crippen LogP) is 1.83. The number of rotatable bonds is 1. The van der Waals surface area contributed by atoms with Gasteiger partial charge in [0.25, 0.3) is 0 Å². The van der Waals surface area contributed by atoms with Crippen LogP contribution in [0.5, 0.6) is 0 Å². The number of carbonyl (C=O) groups is 3. The maximum atomic E-state index is 15.4. The Morgan fingerprint density at radius 3 is 2.62 bits per heavy atom. The Labute approximate surface area is 187 Å². The van der Waals surface area contributed by atoms with E-state index in [-0.39, 0.29) is 35.5 Å². The van der Waals surface area contributed by atoms with E-state index in [0.717, 1.165) is 0 Å². The number of ether oxygens (including phenoxy) is 1. The van der Waals surface area contributed by atoms with Gasteiger partial charge in [0.2, 0.25) is 11.8 Å². The topological polar surface area (TPSA) is 114 Å². The molecule has 11 heteroatoms. The van der Waals surface area contributed by atoms with Crippen molar-refractivity contribution in [3.8, 4) is 11.3 Å². The maximum Gasteiger partial charge on any atom is 0.328 e. The molecule has 9 nitrogen and oxygen atoms in total. The van der Waals surface area contributed by atoms with Gasteiger partial charge in [0, 0.05) is 30.9 Å². The van der Waals surface area contributed by atoms with Gasteiger partial charge in [-0.15, -0.1) is 0 Å². The van der Waals surface area contributed by atoms with Crippen LogP contribution < -0.4 is 15.5 Å². The van der Waals surface area contributed by atoms with Crippen LogP contribution in [0.2, 0.25) is 5.02 Å². The largest absolute Gasteiger partial charge is 0.372 e. The third-order valence-electron chi connectivity index (χ3n) is 6.25. The number of anilines is 1. The minimum Gasteiger partial charge on any atom is -0.372 e. The SMILES string of the molecule is C[C@@H]1CN2c3c(nc(-c4cccnc4)c(F)c3Cl)CC3(C(=O)NC(=O)NC3=O)[C@H]2[C@H](C)O1. The van der Waals surface area contributed by atoms with E-state index in [1.807, 2.05) is 6.92 Å². The Morgan fingerprint density at radius 2 is 1.97 bits per heavy atom. The Kier molecular flexibility index (Phi) is 4.68. The summed E-state index contributed by atoms with van der Waals surface area (Å²) in [6.45, 7) is 3.82. The highest BCUT2D eigenvalue weighted by atomic mass is 35.5. The molecule has 3 atom stereocenters. The first kappa shape index (κ1) is 20.8. The van der Waals surface area contributed by atoms with Gasteiger partial charge in [0.15, 0.2) is 11.2 Å². The second-order valence-corrected chi connectivity index (χ2v) is 8.64. The number of nitrogens with one attached hydrogen (secondary N) is 2. The zero-order valence-corrected chi connectivity index (χ0v) is 17.9. The van der Waals surface area contributed by atoms with Crippen LogP contribution in [0.25, 0.3) is 11.3 Å². The normalized spacial score (nSPS) is 26.3. The fraction of sp³-hybridized carbons (Fsp3) is 0.381. The predicted molar refractivity (Wildman–Crippen MR) is 111 cm³/mol. The molecule has 0 saturated carbocycles. The van der Waals surface area contributed by atoms with Gasteiger partial charge in [-0.3, -0.25) is 25.2 Å². The fourth-order valence-electron chi connectivity index (χ4n) is 5.07. The van der Waals surface area contributed by atoms with Crippen molar-refractivity contribution in [1.29, 1.82) is 0 Å². The first-order valence-electron chi connectivity index (χ1n) is 10.1. The van der Waals surface area contributed by atoms with Gasteiger partial charge >= 0.3 is 6.03 Å². The molecule has 2 saturated heterocycles. The van der Waals surface area contributed by atoms with Crippen LogP contribution in [0.3, 0.4) is 0 Å². The average molecular weight is 460 g/mol. The molecule has 166 valence electrons. The van der Waals surface area contributed by atoms with Gasteiger partial charge in [0.1, 0.15) is 10.7 Å². The molecular formula is C21H19ClFN5O4. The number of imide groups is 2. The van der Waals surface area contributed by atoms with E-state index >= 15 is 4.39 Å². The summed E-state index contributed by atoms with van der Waals surface area (Å²) in [4.78, 5) is 48.3. The van der Waals surface area contributed by atoms with Gasteiger partial charge in [-0.1, -0.05) is 11.6 Å². The fourth-order valence-corrected chi connectivity index (χ4v) is 5.37. The third kappa shape index (κ3) is 2.82. The zero-order valence-electron chi connectivity index (χ0n) is 17.2. The maximum absolute atomic E-state index is 15.4. The molecule has 2 aromatic rings. The smallest absolute Gasteiger partial charge is 0.328 e. The van der Waals surface area contributed by atoms with Gasteiger partial charge in [-0.2, -0.15) is 0 Å². The number of nitrogens with zero attached hydrogens (tertiary/aromatic N) is 3. The number of urea groups is 1. The van der Waals surface area contributed by atoms with Crippen molar-refractivity contribution < 1.29 is 23.5 Å². The molecule has 0 bridgehead atoms.